The second-order valence-electron chi connectivity index (χ2n) is 3.06. The van der Waals surface area contributed by atoms with E-state index in [0.29, 0.717) is 32.2 Å². The maximum absolute atomic E-state index is 11.1. The van der Waals surface area contributed by atoms with Crippen LogP contribution in [0.4, 0.5) is 0 Å². The third-order valence-electron chi connectivity index (χ3n) is 1.59. The van der Waals surface area contributed by atoms with Gasteiger partial charge in [0.25, 0.3) is 0 Å². The summed E-state index contributed by atoms with van der Waals surface area (Å²) in [5.74, 6) is 0.442. The Balaban J connectivity index is 3.10. The van der Waals surface area contributed by atoms with Crippen molar-refractivity contribution in [3.05, 3.63) is 0 Å². The van der Waals surface area contributed by atoms with Crippen LogP contribution in [0, 0.1) is 0 Å². The number of ether oxygens (including phenoxy) is 2. The molecule has 0 aromatic rings. The molecule has 0 aliphatic heterocycles. The molecule has 0 spiro atoms. The molecule has 0 bridgehead atoms. The van der Waals surface area contributed by atoms with E-state index in [1.54, 1.807) is 0 Å². The fourth-order valence-corrected chi connectivity index (χ4v) is 1.03. The van der Waals surface area contributed by atoms with Crippen LogP contribution >= 0.6 is 11.6 Å². The minimum atomic E-state index is -0.0687. The Morgan fingerprint density at radius 2 is 2.07 bits per heavy atom. The van der Waals surface area contributed by atoms with Crippen LogP contribution in [0.5, 0.6) is 0 Å². The average Bonchev–Trinajstić information content (AvgIpc) is 2.23. The first-order chi connectivity index (χ1) is 7.31. The maximum atomic E-state index is 11.1. The van der Waals surface area contributed by atoms with E-state index in [0.717, 1.165) is 12.8 Å². The highest BCUT2D eigenvalue weighted by Crippen LogP contribution is 1.84. The molecule has 0 aromatic carbocycles. The van der Waals surface area contributed by atoms with Crippen LogP contribution in [0.25, 0.3) is 0 Å². The number of alkyl halides is 1. The number of rotatable bonds is 10. The van der Waals surface area contributed by atoms with Gasteiger partial charge < -0.3 is 14.8 Å². The van der Waals surface area contributed by atoms with E-state index in [1.807, 2.05) is 6.92 Å². The van der Waals surface area contributed by atoms with Gasteiger partial charge in [-0.25, -0.2) is 0 Å². The lowest BCUT2D eigenvalue weighted by Crippen LogP contribution is -2.29. The second-order valence-corrected chi connectivity index (χ2v) is 3.44. The summed E-state index contributed by atoms with van der Waals surface area (Å²) in [7, 11) is 0. The highest BCUT2D eigenvalue weighted by atomic mass is 35.5. The van der Waals surface area contributed by atoms with Gasteiger partial charge in [0.2, 0.25) is 5.91 Å². The van der Waals surface area contributed by atoms with Crippen molar-refractivity contribution in [2.75, 3.05) is 38.9 Å². The van der Waals surface area contributed by atoms with Crippen molar-refractivity contribution in [3.63, 3.8) is 0 Å². The lowest BCUT2D eigenvalue weighted by Gasteiger charge is -2.05. The average molecular weight is 238 g/mol. The summed E-state index contributed by atoms with van der Waals surface area (Å²) in [5, 5.41) is 2.74. The van der Waals surface area contributed by atoms with Gasteiger partial charge in [-0.3, -0.25) is 4.79 Å². The molecule has 0 saturated carbocycles. The van der Waals surface area contributed by atoms with Crippen LogP contribution in [0.2, 0.25) is 0 Å². The van der Waals surface area contributed by atoms with Gasteiger partial charge in [-0.15, -0.1) is 11.6 Å². The van der Waals surface area contributed by atoms with Crippen molar-refractivity contribution in [3.8, 4) is 0 Å². The topological polar surface area (TPSA) is 47.6 Å². The first-order valence-electron chi connectivity index (χ1n) is 5.29. The van der Waals surface area contributed by atoms with E-state index in [9.17, 15) is 4.79 Å². The van der Waals surface area contributed by atoms with Crippen molar-refractivity contribution in [1.29, 1.82) is 0 Å². The van der Waals surface area contributed by atoms with Gasteiger partial charge in [-0.1, -0.05) is 6.92 Å². The van der Waals surface area contributed by atoms with Crippen LogP contribution < -0.4 is 5.32 Å². The van der Waals surface area contributed by atoms with Crippen molar-refractivity contribution >= 4 is 17.5 Å². The zero-order chi connectivity index (χ0) is 11.4. The Bertz CT molecular complexity index is 156. The van der Waals surface area contributed by atoms with E-state index < -0.39 is 0 Å². The first kappa shape index (κ1) is 14.7. The number of carbonyl (C=O) groups is 1. The van der Waals surface area contributed by atoms with Crippen LogP contribution in [0.1, 0.15) is 19.8 Å². The molecular weight excluding hydrogens is 218 g/mol. The normalized spacial score (nSPS) is 10.3. The first-order valence-corrected chi connectivity index (χ1v) is 5.82. The molecule has 1 N–H and O–H groups in total. The quantitative estimate of drug-likeness (QED) is 0.459. The van der Waals surface area contributed by atoms with E-state index in [-0.39, 0.29) is 12.5 Å². The molecule has 0 heterocycles. The van der Waals surface area contributed by atoms with E-state index in [4.69, 9.17) is 21.1 Å². The fourth-order valence-electron chi connectivity index (χ4n) is 0.919. The molecule has 15 heavy (non-hydrogen) atoms. The number of amides is 1. The highest BCUT2D eigenvalue weighted by molar-refractivity contribution is 6.17. The lowest BCUT2D eigenvalue weighted by molar-refractivity contribution is -0.125. The highest BCUT2D eigenvalue weighted by Gasteiger charge is 1.99. The van der Waals surface area contributed by atoms with E-state index >= 15 is 0 Å². The van der Waals surface area contributed by atoms with Crippen LogP contribution in [0.3, 0.4) is 0 Å². The van der Waals surface area contributed by atoms with Crippen molar-refractivity contribution in [2.45, 2.75) is 19.8 Å². The number of nitrogens with one attached hydrogen (secondary N) is 1. The Hall–Kier alpha value is -0.320. The summed E-state index contributed by atoms with van der Waals surface area (Å²) in [6.45, 7) is 4.60. The summed E-state index contributed by atoms with van der Waals surface area (Å²) in [4.78, 5) is 11.1. The zero-order valence-corrected chi connectivity index (χ0v) is 10.0. The summed E-state index contributed by atoms with van der Waals surface area (Å²) < 4.78 is 10.2. The van der Waals surface area contributed by atoms with Gasteiger partial charge in [-0.2, -0.15) is 0 Å². The van der Waals surface area contributed by atoms with Crippen LogP contribution in [-0.4, -0.2) is 44.8 Å². The number of hydrogen-bond donors (Lipinski definition) is 1. The molecule has 0 saturated heterocycles. The number of hydrogen-bond acceptors (Lipinski definition) is 3. The summed E-state index contributed by atoms with van der Waals surface area (Å²) in [5.41, 5.74) is 0. The minimum Gasteiger partial charge on any atom is -0.380 e. The molecule has 0 fully saturated rings. The van der Waals surface area contributed by atoms with Crippen LogP contribution in [-0.2, 0) is 14.3 Å². The Labute approximate surface area is 96.3 Å². The Kier molecular flexibility index (Phi) is 11.5. The van der Waals surface area contributed by atoms with Crippen LogP contribution in [0.15, 0.2) is 0 Å². The lowest BCUT2D eigenvalue weighted by atomic mass is 10.4. The fraction of sp³-hybridized carbons (Fsp3) is 0.900. The SMILES string of the molecule is CCCOCC(=O)NCCCOCCCl. The predicted molar refractivity (Wildman–Crippen MR) is 60.3 cm³/mol. The number of carbonyl (C=O) groups excluding carboxylic acids is 1. The molecule has 0 atom stereocenters. The Morgan fingerprint density at radius 1 is 1.27 bits per heavy atom. The molecule has 4 nitrogen and oxygen atoms in total. The summed E-state index contributed by atoms with van der Waals surface area (Å²) in [6, 6.07) is 0. The number of halogens is 1. The molecule has 0 aliphatic carbocycles. The predicted octanol–water partition coefficient (Wildman–Crippen LogP) is 1.17. The van der Waals surface area contributed by atoms with Gasteiger partial charge in [0.15, 0.2) is 0 Å². The molecule has 0 aliphatic rings. The molecule has 1 amide bonds. The third-order valence-corrected chi connectivity index (χ3v) is 1.75. The smallest absolute Gasteiger partial charge is 0.245 e. The largest absolute Gasteiger partial charge is 0.380 e. The molecule has 0 aromatic heterocycles. The van der Waals surface area contributed by atoms with Crippen molar-refractivity contribution in [1.82, 2.24) is 5.32 Å². The van der Waals surface area contributed by atoms with E-state index in [2.05, 4.69) is 5.32 Å². The van der Waals surface area contributed by atoms with Gasteiger partial charge in [0.1, 0.15) is 6.61 Å². The maximum Gasteiger partial charge on any atom is 0.245 e. The molecular formula is C10H20ClNO3. The minimum absolute atomic E-state index is 0.0687. The standard InChI is InChI=1S/C10H20ClNO3/c1-2-6-15-9-10(13)12-5-3-7-14-8-4-11/h2-9H2,1H3,(H,12,13). The second kappa shape index (κ2) is 11.8. The Morgan fingerprint density at radius 3 is 2.73 bits per heavy atom. The van der Waals surface area contributed by atoms with Crippen molar-refractivity contribution in [2.24, 2.45) is 0 Å². The van der Waals surface area contributed by atoms with Gasteiger partial charge in [0.05, 0.1) is 6.61 Å². The molecule has 0 radical (unpaired) electrons. The van der Waals surface area contributed by atoms with E-state index in [1.165, 1.54) is 0 Å². The molecule has 5 heteroatoms. The monoisotopic (exact) mass is 237 g/mol. The third kappa shape index (κ3) is 11.6. The molecule has 0 unspecified atom stereocenters. The van der Waals surface area contributed by atoms with Gasteiger partial charge in [0, 0.05) is 25.6 Å². The zero-order valence-electron chi connectivity index (χ0n) is 9.26. The summed E-state index contributed by atoms with van der Waals surface area (Å²) in [6.07, 6.45) is 1.73. The summed E-state index contributed by atoms with van der Waals surface area (Å²) >= 11 is 5.42. The molecule has 0 rings (SSSR count). The van der Waals surface area contributed by atoms with Crippen molar-refractivity contribution < 1.29 is 14.3 Å². The van der Waals surface area contributed by atoms with Gasteiger partial charge >= 0.3 is 0 Å². The van der Waals surface area contributed by atoms with Gasteiger partial charge in [-0.05, 0) is 12.8 Å². The molecule has 90 valence electrons.